The third kappa shape index (κ3) is 1.92. The number of para-hydroxylation sites is 1. The van der Waals surface area contributed by atoms with Gasteiger partial charge in [0.1, 0.15) is 10.6 Å². The highest BCUT2D eigenvalue weighted by atomic mass is 32.2. The summed E-state index contributed by atoms with van der Waals surface area (Å²) in [5, 5.41) is 2.74. The molecular weight excluding hydrogens is 226 g/mol. The highest BCUT2D eigenvalue weighted by Gasteiger charge is 2.32. The number of sulfone groups is 1. The van der Waals surface area contributed by atoms with Crippen LogP contribution < -0.4 is 10.1 Å². The zero-order chi connectivity index (χ0) is 11.6. The highest BCUT2D eigenvalue weighted by Crippen LogP contribution is 2.28. The first-order chi connectivity index (χ1) is 7.66. The van der Waals surface area contributed by atoms with Crippen molar-refractivity contribution >= 4 is 9.84 Å². The lowest BCUT2D eigenvalue weighted by Crippen LogP contribution is -2.24. The Morgan fingerprint density at radius 2 is 2.12 bits per heavy atom. The number of hydrogen-bond donors (Lipinski definition) is 1. The summed E-state index contributed by atoms with van der Waals surface area (Å²) in [4.78, 5) is 0.297. The van der Waals surface area contributed by atoms with Crippen molar-refractivity contribution in [2.75, 3.05) is 20.2 Å². The Hall–Kier alpha value is -1.07. The van der Waals surface area contributed by atoms with E-state index in [4.69, 9.17) is 4.74 Å². The van der Waals surface area contributed by atoms with Crippen molar-refractivity contribution < 1.29 is 13.2 Å². The lowest BCUT2D eigenvalue weighted by atomic mass is 10.3. The minimum Gasteiger partial charge on any atom is -0.495 e. The zero-order valence-corrected chi connectivity index (χ0v) is 9.96. The van der Waals surface area contributed by atoms with Gasteiger partial charge in [-0.1, -0.05) is 12.1 Å². The highest BCUT2D eigenvalue weighted by molar-refractivity contribution is 7.92. The second-order valence-corrected chi connectivity index (χ2v) is 6.01. The smallest absolute Gasteiger partial charge is 0.186 e. The van der Waals surface area contributed by atoms with E-state index in [9.17, 15) is 8.42 Å². The van der Waals surface area contributed by atoms with Crippen molar-refractivity contribution in [3.8, 4) is 5.75 Å². The molecule has 0 amide bonds. The predicted molar refractivity (Wildman–Crippen MR) is 61.5 cm³/mol. The molecule has 1 fully saturated rings. The van der Waals surface area contributed by atoms with E-state index in [1.54, 1.807) is 24.3 Å². The largest absolute Gasteiger partial charge is 0.495 e. The Morgan fingerprint density at radius 1 is 1.38 bits per heavy atom. The van der Waals surface area contributed by atoms with Crippen molar-refractivity contribution in [2.24, 2.45) is 0 Å². The van der Waals surface area contributed by atoms with Crippen LogP contribution in [0, 0.1) is 0 Å². The van der Waals surface area contributed by atoms with Crippen LogP contribution in [0.1, 0.15) is 6.42 Å². The average molecular weight is 241 g/mol. The molecule has 1 heterocycles. The van der Waals surface area contributed by atoms with Crippen LogP contribution in [0.15, 0.2) is 29.2 Å². The monoisotopic (exact) mass is 241 g/mol. The number of rotatable bonds is 3. The summed E-state index contributed by atoms with van der Waals surface area (Å²) in [7, 11) is -1.78. The summed E-state index contributed by atoms with van der Waals surface area (Å²) >= 11 is 0. The summed E-state index contributed by atoms with van der Waals surface area (Å²) in [5.74, 6) is 0.425. The van der Waals surface area contributed by atoms with E-state index in [1.807, 2.05) is 0 Å². The van der Waals surface area contributed by atoms with Gasteiger partial charge in [-0.3, -0.25) is 0 Å². The molecular formula is C11H15NO3S. The number of benzene rings is 1. The molecule has 1 aliphatic rings. The molecule has 1 saturated heterocycles. The fourth-order valence-corrected chi connectivity index (χ4v) is 3.75. The fraction of sp³-hybridized carbons (Fsp3) is 0.455. The first-order valence-corrected chi connectivity index (χ1v) is 6.78. The molecule has 1 aliphatic heterocycles. The van der Waals surface area contributed by atoms with Gasteiger partial charge in [0.25, 0.3) is 0 Å². The fourth-order valence-electron chi connectivity index (χ4n) is 1.93. The quantitative estimate of drug-likeness (QED) is 0.851. The predicted octanol–water partition coefficient (Wildman–Crippen LogP) is 0.831. The van der Waals surface area contributed by atoms with Crippen LogP contribution in [0.25, 0.3) is 0 Å². The summed E-state index contributed by atoms with van der Waals surface area (Å²) in [6, 6.07) is 6.77. The number of methoxy groups -OCH3 is 1. The normalized spacial score (nSPS) is 20.9. The van der Waals surface area contributed by atoms with E-state index in [0.29, 0.717) is 23.6 Å². The van der Waals surface area contributed by atoms with Gasteiger partial charge in [0, 0.05) is 6.54 Å². The summed E-state index contributed by atoms with van der Waals surface area (Å²) < 4.78 is 29.7. The van der Waals surface area contributed by atoms with Crippen molar-refractivity contribution in [3.05, 3.63) is 24.3 Å². The van der Waals surface area contributed by atoms with Gasteiger partial charge in [-0.2, -0.15) is 0 Å². The van der Waals surface area contributed by atoms with Crippen molar-refractivity contribution in [3.63, 3.8) is 0 Å². The summed E-state index contributed by atoms with van der Waals surface area (Å²) in [6.07, 6.45) is 0.667. The molecule has 0 saturated carbocycles. The molecule has 2 rings (SSSR count). The molecule has 4 nitrogen and oxygen atoms in total. The van der Waals surface area contributed by atoms with Gasteiger partial charge in [-0.25, -0.2) is 8.42 Å². The molecule has 0 unspecified atom stereocenters. The van der Waals surface area contributed by atoms with E-state index >= 15 is 0 Å². The maximum Gasteiger partial charge on any atom is 0.186 e. The molecule has 5 heteroatoms. The van der Waals surface area contributed by atoms with Crippen molar-refractivity contribution in [1.29, 1.82) is 0 Å². The van der Waals surface area contributed by atoms with Crippen LogP contribution in [0.3, 0.4) is 0 Å². The van der Waals surface area contributed by atoms with Crippen molar-refractivity contribution in [2.45, 2.75) is 16.6 Å². The van der Waals surface area contributed by atoms with Gasteiger partial charge < -0.3 is 10.1 Å². The summed E-state index contributed by atoms with van der Waals surface area (Å²) in [5.41, 5.74) is 0. The first-order valence-electron chi connectivity index (χ1n) is 5.24. The number of nitrogens with one attached hydrogen (secondary N) is 1. The molecule has 16 heavy (non-hydrogen) atoms. The second kappa shape index (κ2) is 4.43. The number of ether oxygens (including phenoxy) is 1. The first kappa shape index (κ1) is 11.4. The van der Waals surface area contributed by atoms with Crippen LogP contribution in [0.4, 0.5) is 0 Å². The molecule has 0 aromatic heterocycles. The lowest BCUT2D eigenvalue weighted by Gasteiger charge is -2.13. The van der Waals surface area contributed by atoms with Crippen LogP contribution in [-0.4, -0.2) is 33.9 Å². The molecule has 0 radical (unpaired) electrons. The molecule has 1 atom stereocenters. The van der Waals surface area contributed by atoms with E-state index in [1.165, 1.54) is 7.11 Å². The Bertz CT molecular complexity index is 464. The second-order valence-electron chi connectivity index (χ2n) is 3.81. The summed E-state index contributed by atoms with van der Waals surface area (Å²) in [6.45, 7) is 1.29. The minimum atomic E-state index is -3.27. The maximum absolute atomic E-state index is 12.3. The van der Waals surface area contributed by atoms with Crippen LogP contribution >= 0.6 is 0 Å². The van der Waals surface area contributed by atoms with E-state index in [0.717, 1.165) is 6.54 Å². The third-order valence-electron chi connectivity index (χ3n) is 2.83. The Kier molecular flexibility index (Phi) is 3.16. The molecule has 88 valence electrons. The Morgan fingerprint density at radius 3 is 2.75 bits per heavy atom. The molecule has 0 bridgehead atoms. The Labute approximate surface area is 95.5 Å². The average Bonchev–Trinajstić information content (AvgIpc) is 2.83. The molecule has 0 aliphatic carbocycles. The standard InChI is InChI=1S/C11H15NO3S/c1-15-10-4-2-3-5-11(10)16(13,14)9-6-7-12-8-9/h2-5,9,12H,6-8H2,1H3/t9-/m1/s1. The Balaban J connectivity index is 2.42. The third-order valence-corrected chi connectivity index (χ3v) is 5.06. The van der Waals surface area contributed by atoms with Crippen LogP contribution in [0.5, 0.6) is 5.75 Å². The van der Waals surface area contributed by atoms with Gasteiger partial charge in [0.15, 0.2) is 9.84 Å². The molecule has 1 aromatic carbocycles. The molecule has 1 aromatic rings. The van der Waals surface area contributed by atoms with E-state index in [-0.39, 0.29) is 5.25 Å². The molecule has 0 spiro atoms. The maximum atomic E-state index is 12.3. The van der Waals surface area contributed by atoms with Crippen molar-refractivity contribution in [1.82, 2.24) is 5.32 Å². The van der Waals surface area contributed by atoms with Gasteiger partial charge in [0.2, 0.25) is 0 Å². The van der Waals surface area contributed by atoms with E-state index < -0.39 is 9.84 Å². The van der Waals surface area contributed by atoms with Gasteiger partial charge in [-0.05, 0) is 25.1 Å². The minimum absolute atomic E-state index is 0.297. The van der Waals surface area contributed by atoms with Gasteiger partial charge in [0.05, 0.1) is 12.4 Å². The zero-order valence-electron chi connectivity index (χ0n) is 9.14. The SMILES string of the molecule is COc1ccccc1S(=O)(=O)[C@@H]1CCNC1. The number of hydrogen-bond acceptors (Lipinski definition) is 4. The van der Waals surface area contributed by atoms with Crippen LogP contribution in [0.2, 0.25) is 0 Å². The van der Waals surface area contributed by atoms with E-state index in [2.05, 4.69) is 5.32 Å². The van der Waals surface area contributed by atoms with Gasteiger partial charge >= 0.3 is 0 Å². The topological polar surface area (TPSA) is 55.4 Å². The van der Waals surface area contributed by atoms with Crippen LogP contribution in [-0.2, 0) is 9.84 Å². The van der Waals surface area contributed by atoms with Gasteiger partial charge in [-0.15, -0.1) is 0 Å². The molecule has 1 N–H and O–H groups in total. The lowest BCUT2D eigenvalue weighted by molar-refractivity contribution is 0.402.